The van der Waals surface area contributed by atoms with Crippen molar-refractivity contribution in [2.24, 2.45) is 4.99 Å². The lowest BCUT2D eigenvalue weighted by molar-refractivity contribution is 0.307. The molecule has 142 valence electrons. The Morgan fingerprint density at radius 3 is 2.62 bits per heavy atom. The average Bonchev–Trinajstić information content (AvgIpc) is 3.12. The molecule has 0 spiro atoms. The third-order valence-corrected chi connectivity index (χ3v) is 5.16. The molecule has 0 saturated carbocycles. The van der Waals surface area contributed by atoms with Crippen LogP contribution in [-0.4, -0.2) is 37.7 Å². The van der Waals surface area contributed by atoms with E-state index in [2.05, 4.69) is 46.6 Å². The Balaban J connectivity index is 1.53. The van der Waals surface area contributed by atoms with Crippen LogP contribution in [0.15, 0.2) is 35.5 Å². The lowest BCUT2D eigenvalue weighted by Gasteiger charge is -2.11. The fraction of sp³-hybridized carbons (Fsp3) is 0.500. The second-order valence-electron chi connectivity index (χ2n) is 6.12. The van der Waals surface area contributed by atoms with Gasteiger partial charge in [0.25, 0.3) is 0 Å². The van der Waals surface area contributed by atoms with Gasteiger partial charge in [0.15, 0.2) is 5.96 Å². The smallest absolute Gasteiger partial charge is 0.190 e. The van der Waals surface area contributed by atoms with Gasteiger partial charge >= 0.3 is 0 Å². The molecule has 0 aliphatic rings. The van der Waals surface area contributed by atoms with Gasteiger partial charge in [0.2, 0.25) is 0 Å². The van der Waals surface area contributed by atoms with E-state index in [9.17, 15) is 0 Å². The number of nitrogens with zero attached hydrogens (tertiary/aromatic N) is 2. The lowest BCUT2D eigenvalue weighted by Crippen LogP contribution is -2.38. The fourth-order valence-corrected chi connectivity index (χ4v) is 3.26. The molecule has 6 heteroatoms. The summed E-state index contributed by atoms with van der Waals surface area (Å²) < 4.78 is 5.74. The van der Waals surface area contributed by atoms with Gasteiger partial charge in [0.1, 0.15) is 5.75 Å². The van der Waals surface area contributed by atoms with Crippen LogP contribution >= 0.6 is 11.3 Å². The van der Waals surface area contributed by atoms with Gasteiger partial charge in [-0.3, -0.25) is 4.99 Å². The molecule has 5 nitrogen and oxygen atoms in total. The average molecular weight is 375 g/mol. The predicted molar refractivity (Wildman–Crippen MR) is 110 cm³/mol. The molecule has 0 fully saturated rings. The molecule has 2 N–H and O–H groups in total. The van der Waals surface area contributed by atoms with Crippen LogP contribution in [0.4, 0.5) is 0 Å². The van der Waals surface area contributed by atoms with Crippen LogP contribution in [0.5, 0.6) is 5.75 Å². The molecule has 26 heavy (non-hydrogen) atoms. The van der Waals surface area contributed by atoms with Gasteiger partial charge in [-0.15, -0.1) is 11.3 Å². The minimum atomic E-state index is 0.737. The quantitative estimate of drug-likeness (QED) is 0.379. The molecule has 0 unspecified atom stereocenters. The fourth-order valence-electron chi connectivity index (χ4n) is 2.39. The maximum Gasteiger partial charge on any atom is 0.190 e. The summed E-state index contributed by atoms with van der Waals surface area (Å²) in [5.41, 5.74) is 1.25. The van der Waals surface area contributed by atoms with Gasteiger partial charge in [-0.05, 0) is 38.3 Å². The first kappa shape index (κ1) is 20.2. The maximum atomic E-state index is 5.74. The van der Waals surface area contributed by atoms with E-state index >= 15 is 0 Å². The zero-order valence-corrected chi connectivity index (χ0v) is 16.9. The molecule has 1 heterocycles. The molecule has 0 atom stereocenters. The second kappa shape index (κ2) is 11.5. The highest BCUT2D eigenvalue weighted by Crippen LogP contribution is 2.13. The Kier molecular flexibility index (Phi) is 8.96. The second-order valence-corrected chi connectivity index (χ2v) is 7.32. The summed E-state index contributed by atoms with van der Waals surface area (Å²) in [6.45, 7) is 6.70. The standard InChI is InChI=1S/C20H30N4OS/c1-4-18-15-24-19(26-18)11-13-23-20(21-3)22-12-5-6-14-25-17-9-7-16(2)8-10-17/h7-10,15H,4-6,11-14H2,1-3H3,(H2,21,22,23). The minimum absolute atomic E-state index is 0.737. The summed E-state index contributed by atoms with van der Waals surface area (Å²) in [4.78, 5) is 10.0. The normalized spacial score (nSPS) is 11.4. The third kappa shape index (κ3) is 7.44. The summed E-state index contributed by atoms with van der Waals surface area (Å²) in [6, 6.07) is 8.18. The predicted octanol–water partition coefficient (Wildman–Crippen LogP) is 3.58. The SMILES string of the molecule is CCc1cnc(CCNC(=NC)NCCCCOc2ccc(C)cc2)s1. The number of aromatic nitrogens is 1. The van der Waals surface area contributed by atoms with Gasteiger partial charge < -0.3 is 15.4 Å². The van der Waals surface area contributed by atoms with Crippen LogP contribution in [0.1, 0.15) is 35.2 Å². The van der Waals surface area contributed by atoms with E-state index in [1.54, 1.807) is 18.4 Å². The van der Waals surface area contributed by atoms with Crippen LogP contribution in [0.25, 0.3) is 0 Å². The summed E-state index contributed by atoms with van der Waals surface area (Å²) in [6.07, 6.45) is 6.01. The highest BCUT2D eigenvalue weighted by molar-refractivity contribution is 7.11. The molecule has 0 aliphatic carbocycles. The first-order chi connectivity index (χ1) is 12.7. The minimum Gasteiger partial charge on any atom is -0.494 e. The van der Waals surface area contributed by atoms with Crippen molar-refractivity contribution in [1.29, 1.82) is 0 Å². The molecule has 2 aromatic rings. The Labute approximate surface area is 160 Å². The first-order valence-electron chi connectivity index (χ1n) is 9.29. The van der Waals surface area contributed by atoms with Crippen LogP contribution in [0, 0.1) is 6.92 Å². The van der Waals surface area contributed by atoms with Crippen molar-refractivity contribution in [3.05, 3.63) is 45.9 Å². The van der Waals surface area contributed by atoms with Crippen molar-refractivity contribution in [2.45, 2.75) is 39.5 Å². The van der Waals surface area contributed by atoms with Crippen LogP contribution in [0.2, 0.25) is 0 Å². The van der Waals surface area contributed by atoms with E-state index in [-0.39, 0.29) is 0 Å². The Morgan fingerprint density at radius 2 is 1.92 bits per heavy atom. The van der Waals surface area contributed by atoms with Crippen molar-refractivity contribution in [1.82, 2.24) is 15.6 Å². The van der Waals surface area contributed by atoms with Gasteiger partial charge in [0.05, 0.1) is 11.6 Å². The van der Waals surface area contributed by atoms with Crippen molar-refractivity contribution >= 4 is 17.3 Å². The van der Waals surface area contributed by atoms with Crippen molar-refractivity contribution in [2.75, 3.05) is 26.7 Å². The summed E-state index contributed by atoms with van der Waals surface area (Å²) in [5.74, 6) is 1.78. The number of hydrogen-bond donors (Lipinski definition) is 2. The van der Waals surface area contributed by atoms with Gasteiger partial charge in [0, 0.05) is 37.6 Å². The molecule has 0 amide bonds. The molecule has 1 aromatic heterocycles. The topological polar surface area (TPSA) is 58.5 Å². The molecular formula is C20H30N4OS. The summed E-state index contributed by atoms with van der Waals surface area (Å²) >= 11 is 1.79. The monoisotopic (exact) mass is 374 g/mol. The summed E-state index contributed by atoms with van der Waals surface area (Å²) in [7, 11) is 1.80. The highest BCUT2D eigenvalue weighted by atomic mass is 32.1. The molecule has 0 bridgehead atoms. The molecule has 1 aromatic carbocycles. The van der Waals surface area contributed by atoms with Gasteiger partial charge in [-0.25, -0.2) is 4.98 Å². The van der Waals surface area contributed by atoms with Crippen LogP contribution in [-0.2, 0) is 12.8 Å². The van der Waals surface area contributed by atoms with Crippen LogP contribution < -0.4 is 15.4 Å². The zero-order chi connectivity index (χ0) is 18.6. The number of nitrogens with one attached hydrogen (secondary N) is 2. The Hall–Kier alpha value is -2.08. The molecule has 2 rings (SSSR count). The molecule has 0 aliphatic heterocycles. The molecule has 0 saturated heterocycles. The number of thiazole rings is 1. The Bertz CT molecular complexity index is 667. The van der Waals surface area contributed by atoms with E-state index < -0.39 is 0 Å². The van der Waals surface area contributed by atoms with E-state index in [1.165, 1.54) is 15.4 Å². The maximum absolute atomic E-state index is 5.74. The number of aryl methyl sites for hydroxylation is 2. The van der Waals surface area contributed by atoms with E-state index in [4.69, 9.17) is 4.74 Å². The van der Waals surface area contributed by atoms with Crippen molar-refractivity contribution in [3.63, 3.8) is 0 Å². The van der Waals surface area contributed by atoms with E-state index in [0.29, 0.717) is 0 Å². The number of hydrogen-bond acceptors (Lipinski definition) is 4. The lowest BCUT2D eigenvalue weighted by atomic mass is 10.2. The number of ether oxygens (including phenoxy) is 1. The highest BCUT2D eigenvalue weighted by Gasteiger charge is 2.02. The number of benzene rings is 1. The van der Waals surface area contributed by atoms with E-state index in [0.717, 1.165) is 57.1 Å². The van der Waals surface area contributed by atoms with E-state index in [1.807, 2.05) is 18.3 Å². The Morgan fingerprint density at radius 1 is 1.15 bits per heavy atom. The third-order valence-electron chi connectivity index (χ3n) is 3.96. The number of guanidine groups is 1. The summed E-state index contributed by atoms with van der Waals surface area (Å²) in [5, 5.41) is 7.86. The van der Waals surface area contributed by atoms with Crippen molar-refractivity contribution in [3.8, 4) is 5.75 Å². The number of aliphatic imine (C=N–C) groups is 1. The number of unbranched alkanes of at least 4 members (excludes halogenated alkanes) is 1. The van der Waals surface area contributed by atoms with Crippen LogP contribution in [0.3, 0.4) is 0 Å². The molecule has 0 radical (unpaired) electrons. The first-order valence-corrected chi connectivity index (χ1v) is 10.1. The number of rotatable bonds is 10. The van der Waals surface area contributed by atoms with Gasteiger partial charge in [-0.1, -0.05) is 24.6 Å². The zero-order valence-electron chi connectivity index (χ0n) is 16.0. The largest absolute Gasteiger partial charge is 0.494 e. The van der Waals surface area contributed by atoms with Crippen molar-refractivity contribution < 1.29 is 4.74 Å². The van der Waals surface area contributed by atoms with Gasteiger partial charge in [-0.2, -0.15) is 0 Å². The molecular weight excluding hydrogens is 344 g/mol.